The van der Waals surface area contributed by atoms with Gasteiger partial charge in [0.25, 0.3) is 0 Å². The van der Waals surface area contributed by atoms with Gasteiger partial charge in [0.2, 0.25) is 0 Å². The summed E-state index contributed by atoms with van der Waals surface area (Å²) in [6.07, 6.45) is 1.86. The Morgan fingerprint density at radius 2 is 1.71 bits per heavy atom. The van der Waals surface area contributed by atoms with Crippen LogP contribution in [0.2, 0.25) is 0 Å². The maximum atomic E-state index is 5.38. The van der Waals surface area contributed by atoms with E-state index >= 15 is 0 Å². The number of alkyl halides is 2. The van der Waals surface area contributed by atoms with Crippen molar-refractivity contribution in [3.8, 4) is 0 Å². The summed E-state index contributed by atoms with van der Waals surface area (Å²) in [4.78, 5) is -0.306. The molecule has 0 aliphatic carbocycles. The van der Waals surface area contributed by atoms with Gasteiger partial charge in [0.05, 0.1) is 0 Å². The van der Waals surface area contributed by atoms with E-state index < -0.39 is 0 Å². The monoisotopic (exact) mass is 139 g/mol. The highest BCUT2D eigenvalue weighted by atomic mass is 35.5. The highest BCUT2D eigenvalue weighted by Gasteiger charge is 2.00. The van der Waals surface area contributed by atoms with Crippen LogP contribution in [0.25, 0.3) is 0 Å². The molecule has 0 aromatic carbocycles. The van der Waals surface area contributed by atoms with Gasteiger partial charge in [-0.15, -0.1) is 23.2 Å². The number of rotatable bonds is 2. The standard InChI is InChI=1S/C5H9Cl2/c1-4(2)3-5(6)7/h3-5H,1-2H3. The first kappa shape index (κ1) is 7.58. The zero-order chi connectivity index (χ0) is 5.86. The van der Waals surface area contributed by atoms with Crippen molar-refractivity contribution in [2.75, 3.05) is 0 Å². The fourth-order valence-corrected chi connectivity index (χ4v) is 0.873. The lowest BCUT2D eigenvalue weighted by Gasteiger charge is -2.01. The van der Waals surface area contributed by atoms with E-state index in [-0.39, 0.29) is 4.84 Å². The molecule has 0 aliphatic rings. The Morgan fingerprint density at radius 1 is 1.29 bits per heavy atom. The first-order valence-corrected chi connectivity index (χ1v) is 3.13. The molecular weight excluding hydrogens is 131 g/mol. The van der Waals surface area contributed by atoms with E-state index in [4.69, 9.17) is 23.2 Å². The lowest BCUT2D eigenvalue weighted by molar-refractivity contribution is 0.754. The summed E-state index contributed by atoms with van der Waals surface area (Å²) in [5.41, 5.74) is 0. The van der Waals surface area contributed by atoms with Gasteiger partial charge in [0.15, 0.2) is 0 Å². The third-order valence-electron chi connectivity index (χ3n) is 0.530. The van der Waals surface area contributed by atoms with Crippen molar-refractivity contribution in [2.45, 2.75) is 18.7 Å². The Hall–Kier alpha value is 0.580. The summed E-state index contributed by atoms with van der Waals surface area (Å²) in [5.74, 6) is 0.486. The summed E-state index contributed by atoms with van der Waals surface area (Å²) in [7, 11) is 0. The molecule has 0 aromatic heterocycles. The molecular formula is C5H9Cl2. The van der Waals surface area contributed by atoms with Crippen LogP contribution >= 0.6 is 23.2 Å². The van der Waals surface area contributed by atoms with Crippen LogP contribution in [-0.4, -0.2) is 4.84 Å². The normalized spacial score (nSPS) is 11.1. The number of hydrogen-bond acceptors (Lipinski definition) is 0. The Kier molecular flexibility index (Phi) is 3.86. The summed E-state index contributed by atoms with van der Waals surface area (Å²) in [6, 6.07) is 0. The maximum absolute atomic E-state index is 5.38. The number of hydrogen-bond donors (Lipinski definition) is 0. The predicted octanol–water partition coefficient (Wildman–Crippen LogP) is 2.65. The highest BCUT2D eigenvalue weighted by molar-refractivity contribution is 6.45. The molecule has 0 atom stereocenters. The molecule has 0 aromatic rings. The van der Waals surface area contributed by atoms with E-state index in [1.807, 2.05) is 20.3 Å². The molecule has 0 N–H and O–H groups in total. The van der Waals surface area contributed by atoms with E-state index in [2.05, 4.69) is 0 Å². The van der Waals surface area contributed by atoms with E-state index in [1.165, 1.54) is 0 Å². The van der Waals surface area contributed by atoms with Crippen LogP contribution in [0.3, 0.4) is 0 Å². The van der Waals surface area contributed by atoms with Gasteiger partial charge in [-0.3, -0.25) is 0 Å². The van der Waals surface area contributed by atoms with Crippen LogP contribution in [0.1, 0.15) is 13.8 Å². The Balaban J connectivity index is 2.95. The van der Waals surface area contributed by atoms with Crippen LogP contribution in [0, 0.1) is 12.3 Å². The number of halogens is 2. The van der Waals surface area contributed by atoms with E-state index in [1.54, 1.807) is 0 Å². The molecule has 0 bridgehead atoms. The van der Waals surface area contributed by atoms with Crippen molar-refractivity contribution < 1.29 is 0 Å². The van der Waals surface area contributed by atoms with Crippen molar-refractivity contribution >= 4 is 23.2 Å². The van der Waals surface area contributed by atoms with Gasteiger partial charge in [-0.25, -0.2) is 0 Å². The maximum Gasteiger partial charge on any atom is 0.111 e. The molecule has 0 nitrogen and oxygen atoms in total. The van der Waals surface area contributed by atoms with Gasteiger partial charge in [-0.05, 0) is 12.3 Å². The summed E-state index contributed by atoms with van der Waals surface area (Å²) in [6.45, 7) is 4.08. The summed E-state index contributed by atoms with van der Waals surface area (Å²) < 4.78 is 0. The second-order valence-electron chi connectivity index (χ2n) is 1.77. The molecule has 1 radical (unpaired) electrons. The second-order valence-corrected chi connectivity index (χ2v) is 2.93. The van der Waals surface area contributed by atoms with Crippen LogP contribution in [0.5, 0.6) is 0 Å². The smallest absolute Gasteiger partial charge is 0.105 e. The quantitative estimate of drug-likeness (QED) is 0.517. The molecule has 0 amide bonds. The van der Waals surface area contributed by atoms with Crippen molar-refractivity contribution in [1.82, 2.24) is 0 Å². The minimum absolute atomic E-state index is 0.306. The van der Waals surface area contributed by atoms with Crippen LogP contribution in [0.4, 0.5) is 0 Å². The Morgan fingerprint density at radius 3 is 1.71 bits per heavy atom. The van der Waals surface area contributed by atoms with Gasteiger partial charge in [-0.1, -0.05) is 13.8 Å². The third-order valence-corrected chi connectivity index (χ3v) is 0.821. The first-order valence-electron chi connectivity index (χ1n) is 2.26. The molecule has 0 rings (SSSR count). The summed E-state index contributed by atoms with van der Waals surface area (Å²) in [5, 5.41) is 0. The fraction of sp³-hybridized carbons (Fsp3) is 0.800. The molecule has 7 heavy (non-hydrogen) atoms. The molecule has 0 unspecified atom stereocenters. The molecule has 2 heteroatoms. The van der Waals surface area contributed by atoms with E-state index in [0.29, 0.717) is 5.92 Å². The molecule has 43 valence electrons. The highest BCUT2D eigenvalue weighted by Crippen LogP contribution is 2.11. The van der Waals surface area contributed by atoms with Crippen molar-refractivity contribution in [1.29, 1.82) is 0 Å². The topological polar surface area (TPSA) is 0 Å². The predicted molar refractivity (Wildman–Crippen MR) is 34.6 cm³/mol. The van der Waals surface area contributed by atoms with Crippen LogP contribution < -0.4 is 0 Å². The van der Waals surface area contributed by atoms with Gasteiger partial charge in [-0.2, -0.15) is 0 Å². The fourth-order valence-electron chi connectivity index (χ4n) is 0.291. The lowest BCUT2D eigenvalue weighted by atomic mass is 10.2. The van der Waals surface area contributed by atoms with Gasteiger partial charge in [0.1, 0.15) is 4.84 Å². The van der Waals surface area contributed by atoms with Crippen molar-refractivity contribution in [2.24, 2.45) is 5.92 Å². The zero-order valence-electron chi connectivity index (χ0n) is 4.49. The minimum Gasteiger partial charge on any atom is -0.105 e. The third kappa shape index (κ3) is 6.58. The molecule has 0 aliphatic heterocycles. The van der Waals surface area contributed by atoms with Crippen molar-refractivity contribution in [3.63, 3.8) is 0 Å². The molecule has 0 saturated heterocycles. The second kappa shape index (κ2) is 3.57. The van der Waals surface area contributed by atoms with Gasteiger partial charge in [0, 0.05) is 0 Å². The molecule has 0 spiro atoms. The van der Waals surface area contributed by atoms with Crippen LogP contribution in [-0.2, 0) is 0 Å². The van der Waals surface area contributed by atoms with Gasteiger partial charge >= 0.3 is 0 Å². The largest absolute Gasteiger partial charge is 0.111 e. The SMILES string of the molecule is CC(C)[CH]C(Cl)Cl. The van der Waals surface area contributed by atoms with E-state index in [9.17, 15) is 0 Å². The van der Waals surface area contributed by atoms with Gasteiger partial charge < -0.3 is 0 Å². The molecule has 0 saturated carbocycles. The molecule has 0 heterocycles. The Bertz CT molecular complexity index is 35.3. The summed E-state index contributed by atoms with van der Waals surface area (Å²) >= 11 is 10.8. The minimum atomic E-state index is -0.306. The van der Waals surface area contributed by atoms with Crippen LogP contribution in [0.15, 0.2) is 0 Å². The lowest BCUT2D eigenvalue weighted by Crippen LogP contribution is -1.95. The van der Waals surface area contributed by atoms with Crippen molar-refractivity contribution in [3.05, 3.63) is 6.42 Å². The average Bonchev–Trinajstić information content (AvgIpc) is 1.27. The molecule has 0 fully saturated rings. The first-order chi connectivity index (χ1) is 3.13. The average molecular weight is 140 g/mol. The Labute approximate surface area is 54.8 Å². The van der Waals surface area contributed by atoms with E-state index in [0.717, 1.165) is 0 Å². The zero-order valence-corrected chi connectivity index (χ0v) is 6.00.